The predicted octanol–water partition coefficient (Wildman–Crippen LogP) is 3.36. The van der Waals surface area contributed by atoms with Crippen LogP contribution in [0, 0.1) is 24.4 Å². The molecular weight excluding hydrogens is 441 g/mol. The van der Waals surface area contributed by atoms with E-state index in [2.05, 4.69) is 30.9 Å². The fourth-order valence-corrected chi connectivity index (χ4v) is 3.00. The number of carboxylic acid groups (broad SMARTS) is 1. The van der Waals surface area contributed by atoms with Gasteiger partial charge in [0.1, 0.15) is 5.82 Å². The predicted molar refractivity (Wildman–Crippen MR) is 115 cm³/mol. The molecular formula is C22H31F3N4O4. The Morgan fingerprint density at radius 2 is 1.76 bits per heavy atom. The zero-order chi connectivity index (χ0) is 25.2. The molecule has 184 valence electrons. The molecule has 1 fully saturated rings. The summed E-state index contributed by atoms with van der Waals surface area (Å²) in [5.74, 6) is -1.85. The van der Waals surface area contributed by atoms with E-state index in [4.69, 9.17) is 20.2 Å². The van der Waals surface area contributed by atoms with Crippen molar-refractivity contribution in [2.24, 2.45) is 5.73 Å². The number of rotatable bonds is 4. The molecule has 11 heteroatoms. The maximum atomic E-state index is 13.5. The lowest BCUT2D eigenvalue weighted by atomic mass is 9.96. The number of amides is 1. The molecule has 1 unspecified atom stereocenters. The first-order valence-corrected chi connectivity index (χ1v) is 10.4. The summed E-state index contributed by atoms with van der Waals surface area (Å²) >= 11 is 0. The molecule has 1 aromatic heterocycles. The molecule has 0 radical (unpaired) electrons. The average molecular weight is 473 g/mol. The van der Waals surface area contributed by atoms with Crippen molar-refractivity contribution in [1.29, 1.82) is 0 Å². The average Bonchev–Trinajstić information content (AvgIpc) is 3.39. The van der Waals surface area contributed by atoms with E-state index in [-0.39, 0.29) is 36.2 Å². The standard InChI is InChI=1S/C14H17F3N2O.C7H12N2O.CH2O2/c15-11-8-13(17)12(16)6-9(11)5-10(18)7-14(20)19-3-1-2-4-19;1-5-8-6(9-10-5)7(2,3)4;2-1-3/h6,8,10H,1-5,7,18H2;1-4H3;1H,(H,2,3). The van der Waals surface area contributed by atoms with Crippen molar-refractivity contribution in [3.05, 3.63) is 46.9 Å². The molecule has 1 aliphatic heterocycles. The quantitative estimate of drug-likeness (QED) is 0.517. The lowest BCUT2D eigenvalue weighted by Crippen LogP contribution is -2.35. The Bertz CT molecular complexity index is 910. The maximum Gasteiger partial charge on any atom is 0.290 e. The van der Waals surface area contributed by atoms with Crippen LogP contribution in [0.3, 0.4) is 0 Å². The highest BCUT2D eigenvalue weighted by atomic mass is 19.2. The summed E-state index contributed by atoms with van der Waals surface area (Å²) in [5.41, 5.74) is 5.79. The highest BCUT2D eigenvalue weighted by molar-refractivity contribution is 5.77. The first-order chi connectivity index (χ1) is 15.4. The number of aryl methyl sites for hydroxylation is 1. The van der Waals surface area contributed by atoms with Crippen LogP contribution in [-0.2, 0) is 21.4 Å². The van der Waals surface area contributed by atoms with E-state index < -0.39 is 23.5 Å². The maximum absolute atomic E-state index is 13.5. The Morgan fingerprint density at radius 1 is 1.21 bits per heavy atom. The largest absolute Gasteiger partial charge is 0.483 e. The van der Waals surface area contributed by atoms with Crippen molar-refractivity contribution < 1.29 is 32.4 Å². The first-order valence-electron chi connectivity index (χ1n) is 10.4. The minimum absolute atomic E-state index is 0.00222. The van der Waals surface area contributed by atoms with Crippen LogP contribution in [0.5, 0.6) is 0 Å². The van der Waals surface area contributed by atoms with Crippen LogP contribution in [0.15, 0.2) is 16.7 Å². The van der Waals surface area contributed by atoms with E-state index in [1.165, 1.54) is 0 Å². The Morgan fingerprint density at radius 3 is 2.21 bits per heavy atom. The highest BCUT2D eigenvalue weighted by Gasteiger charge is 2.21. The lowest BCUT2D eigenvalue weighted by Gasteiger charge is -2.18. The van der Waals surface area contributed by atoms with E-state index in [9.17, 15) is 18.0 Å². The van der Waals surface area contributed by atoms with Gasteiger partial charge >= 0.3 is 0 Å². The summed E-state index contributed by atoms with van der Waals surface area (Å²) in [7, 11) is 0. The number of benzene rings is 1. The van der Waals surface area contributed by atoms with Crippen LogP contribution in [0.25, 0.3) is 0 Å². The molecule has 1 aliphatic rings. The van der Waals surface area contributed by atoms with Crippen molar-refractivity contribution in [2.75, 3.05) is 13.1 Å². The molecule has 8 nitrogen and oxygen atoms in total. The van der Waals surface area contributed by atoms with Crippen molar-refractivity contribution >= 4 is 12.4 Å². The molecule has 0 spiro atoms. The minimum Gasteiger partial charge on any atom is -0.483 e. The van der Waals surface area contributed by atoms with Gasteiger partial charge in [0.15, 0.2) is 17.5 Å². The number of nitrogens with zero attached hydrogens (tertiary/aromatic N) is 3. The molecule has 1 atom stereocenters. The number of carbonyl (C=O) groups excluding carboxylic acids is 1. The number of carbonyl (C=O) groups is 2. The van der Waals surface area contributed by atoms with Crippen LogP contribution in [0.2, 0.25) is 0 Å². The number of hydrogen-bond acceptors (Lipinski definition) is 6. The Hall–Kier alpha value is -2.95. The van der Waals surface area contributed by atoms with E-state index in [1.807, 2.05) is 0 Å². The summed E-state index contributed by atoms with van der Waals surface area (Å²) in [5, 5.41) is 10.7. The highest BCUT2D eigenvalue weighted by Crippen LogP contribution is 2.18. The zero-order valence-electron chi connectivity index (χ0n) is 19.3. The topological polar surface area (TPSA) is 123 Å². The molecule has 1 amide bonds. The van der Waals surface area contributed by atoms with Crippen molar-refractivity contribution in [1.82, 2.24) is 15.0 Å². The van der Waals surface area contributed by atoms with Gasteiger partial charge in [0.05, 0.1) is 0 Å². The van der Waals surface area contributed by atoms with Crippen LogP contribution < -0.4 is 5.73 Å². The number of hydrogen-bond donors (Lipinski definition) is 2. The fraction of sp³-hybridized carbons (Fsp3) is 0.545. The molecule has 0 saturated carbocycles. The van der Waals surface area contributed by atoms with Crippen molar-refractivity contribution in [3.8, 4) is 0 Å². The number of nitrogens with two attached hydrogens (primary N) is 1. The van der Waals surface area contributed by atoms with Crippen LogP contribution in [0.1, 0.15) is 57.3 Å². The molecule has 1 aromatic carbocycles. The van der Waals surface area contributed by atoms with Gasteiger partial charge in [-0.1, -0.05) is 25.9 Å². The zero-order valence-corrected chi connectivity index (χ0v) is 19.3. The summed E-state index contributed by atoms with van der Waals surface area (Å²) in [6, 6.07) is 0.687. The van der Waals surface area contributed by atoms with Gasteiger partial charge in [0.25, 0.3) is 6.47 Å². The molecule has 3 rings (SSSR count). The van der Waals surface area contributed by atoms with Gasteiger partial charge in [0.2, 0.25) is 11.8 Å². The van der Waals surface area contributed by atoms with Crippen LogP contribution >= 0.6 is 0 Å². The molecule has 1 saturated heterocycles. The second-order valence-electron chi connectivity index (χ2n) is 8.61. The summed E-state index contributed by atoms with van der Waals surface area (Å²) in [6.45, 7) is 9.16. The van der Waals surface area contributed by atoms with Crippen molar-refractivity contribution in [2.45, 2.75) is 64.8 Å². The molecule has 0 bridgehead atoms. The van der Waals surface area contributed by atoms with Gasteiger partial charge < -0.3 is 20.3 Å². The lowest BCUT2D eigenvalue weighted by molar-refractivity contribution is -0.130. The molecule has 33 heavy (non-hydrogen) atoms. The first kappa shape index (κ1) is 28.1. The molecule has 3 N–H and O–H groups in total. The number of halogens is 3. The molecule has 2 aromatic rings. The summed E-state index contributed by atoms with van der Waals surface area (Å²) < 4.78 is 44.2. The van der Waals surface area contributed by atoms with Gasteiger partial charge in [-0.15, -0.1) is 0 Å². The number of likely N-dealkylation sites (tertiary alicyclic amines) is 1. The Kier molecular flexibility index (Phi) is 11.0. The van der Waals surface area contributed by atoms with Crippen LogP contribution in [-0.4, -0.2) is 51.7 Å². The third kappa shape index (κ3) is 9.60. The summed E-state index contributed by atoms with van der Waals surface area (Å²) in [4.78, 5) is 26.1. The normalized spacial score (nSPS) is 14.0. The second-order valence-corrected chi connectivity index (χ2v) is 8.61. The van der Waals surface area contributed by atoms with Gasteiger partial charge in [-0.05, 0) is 30.9 Å². The SMILES string of the molecule is Cc1nc(C(C)(C)C)no1.NC(CC(=O)N1CCCC1)Cc1cc(F)c(F)cc1F.O=CO. The van der Waals surface area contributed by atoms with E-state index in [0.29, 0.717) is 12.0 Å². The smallest absolute Gasteiger partial charge is 0.290 e. The summed E-state index contributed by atoms with van der Waals surface area (Å²) in [6.07, 6.45) is 2.05. The van der Waals surface area contributed by atoms with Crippen molar-refractivity contribution in [3.63, 3.8) is 0 Å². The van der Waals surface area contributed by atoms with Gasteiger partial charge in [-0.3, -0.25) is 9.59 Å². The van der Waals surface area contributed by atoms with E-state index in [0.717, 1.165) is 37.8 Å². The molecule has 0 aliphatic carbocycles. The van der Waals surface area contributed by atoms with Gasteiger partial charge in [0, 0.05) is 44.0 Å². The molecule has 2 heterocycles. The Balaban J connectivity index is 0.000000349. The number of aromatic nitrogens is 2. The third-order valence-electron chi connectivity index (χ3n) is 4.67. The minimum atomic E-state index is -1.23. The van der Waals surface area contributed by atoms with E-state index in [1.54, 1.807) is 11.8 Å². The second kappa shape index (κ2) is 12.9. The Labute approximate surface area is 191 Å². The van der Waals surface area contributed by atoms with Gasteiger partial charge in [-0.25, -0.2) is 13.2 Å². The van der Waals surface area contributed by atoms with Gasteiger partial charge in [-0.2, -0.15) is 4.98 Å². The third-order valence-corrected chi connectivity index (χ3v) is 4.67. The monoisotopic (exact) mass is 472 g/mol. The van der Waals surface area contributed by atoms with Crippen LogP contribution in [0.4, 0.5) is 13.2 Å². The fourth-order valence-electron chi connectivity index (χ4n) is 3.00. The van der Waals surface area contributed by atoms with E-state index >= 15 is 0 Å².